The maximum absolute atomic E-state index is 9.50. The van der Waals surface area contributed by atoms with Crippen LogP contribution in [0, 0.1) is 11.8 Å². The van der Waals surface area contributed by atoms with E-state index >= 15 is 0 Å². The molecule has 0 bridgehead atoms. The van der Waals surface area contributed by atoms with E-state index in [1.54, 1.807) is 0 Å². The fraction of sp³-hybridized carbons (Fsp3) is 0.667. The zero-order valence-electron chi connectivity index (χ0n) is 13.0. The molecular formula is C18H28N2O. The molecule has 4 atom stereocenters. The normalized spacial score (nSPS) is 31.0. The summed E-state index contributed by atoms with van der Waals surface area (Å²) in [6.07, 6.45) is 3.74. The van der Waals surface area contributed by atoms with Gasteiger partial charge in [0.15, 0.2) is 0 Å². The van der Waals surface area contributed by atoms with Crippen LogP contribution in [0.4, 0.5) is 0 Å². The van der Waals surface area contributed by atoms with Crippen molar-refractivity contribution in [3.05, 3.63) is 35.9 Å². The SMILES string of the molecule is CC(O)CNC1CCCC2CN(Cc3ccccc3)CC21. The molecule has 1 heterocycles. The van der Waals surface area contributed by atoms with E-state index in [1.165, 1.54) is 37.9 Å². The van der Waals surface area contributed by atoms with E-state index in [9.17, 15) is 5.11 Å². The Morgan fingerprint density at radius 1 is 1.24 bits per heavy atom. The van der Waals surface area contributed by atoms with Crippen LogP contribution in [-0.4, -0.2) is 41.8 Å². The second kappa shape index (κ2) is 6.91. The van der Waals surface area contributed by atoms with Crippen molar-refractivity contribution in [2.45, 2.75) is 44.9 Å². The minimum atomic E-state index is -0.243. The molecule has 0 spiro atoms. The molecule has 0 radical (unpaired) electrons. The molecule has 0 amide bonds. The molecule has 1 saturated carbocycles. The smallest absolute Gasteiger partial charge is 0.0636 e. The van der Waals surface area contributed by atoms with Crippen LogP contribution in [-0.2, 0) is 6.54 Å². The summed E-state index contributed by atoms with van der Waals surface area (Å²) in [4.78, 5) is 2.62. The van der Waals surface area contributed by atoms with Gasteiger partial charge < -0.3 is 10.4 Å². The van der Waals surface area contributed by atoms with Crippen molar-refractivity contribution >= 4 is 0 Å². The third kappa shape index (κ3) is 3.85. The van der Waals surface area contributed by atoms with Crippen LogP contribution in [0.25, 0.3) is 0 Å². The number of nitrogens with zero attached hydrogens (tertiary/aromatic N) is 1. The maximum atomic E-state index is 9.50. The quantitative estimate of drug-likeness (QED) is 0.872. The largest absolute Gasteiger partial charge is 0.392 e. The predicted molar refractivity (Wildman–Crippen MR) is 86.0 cm³/mol. The van der Waals surface area contributed by atoms with Crippen molar-refractivity contribution in [3.8, 4) is 0 Å². The van der Waals surface area contributed by atoms with E-state index in [-0.39, 0.29) is 6.10 Å². The standard InChI is InChI=1S/C18H28N2O/c1-14(21)10-19-18-9-5-8-16-12-20(13-17(16)18)11-15-6-3-2-4-7-15/h2-4,6-7,14,16-19,21H,5,8-13H2,1H3. The second-order valence-corrected chi connectivity index (χ2v) is 6.90. The molecule has 2 fully saturated rings. The van der Waals surface area contributed by atoms with Gasteiger partial charge in [0.25, 0.3) is 0 Å². The van der Waals surface area contributed by atoms with E-state index in [0.717, 1.165) is 24.9 Å². The highest BCUT2D eigenvalue weighted by Gasteiger charge is 2.39. The van der Waals surface area contributed by atoms with Crippen molar-refractivity contribution in [1.82, 2.24) is 10.2 Å². The van der Waals surface area contributed by atoms with Crippen LogP contribution >= 0.6 is 0 Å². The third-order valence-electron chi connectivity index (χ3n) is 5.10. The first-order valence-electron chi connectivity index (χ1n) is 8.40. The average molecular weight is 288 g/mol. The van der Waals surface area contributed by atoms with Gasteiger partial charge in [0, 0.05) is 32.2 Å². The van der Waals surface area contributed by atoms with Gasteiger partial charge in [-0.05, 0) is 37.2 Å². The maximum Gasteiger partial charge on any atom is 0.0636 e. The van der Waals surface area contributed by atoms with Gasteiger partial charge in [-0.3, -0.25) is 4.90 Å². The van der Waals surface area contributed by atoms with Gasteiger partial charge >= 0.3 is 0 Å². The van der Waals surface area contributed by atoms with Gasteiger partial charge in [-0.2, -0.15) is 0 Å². The number of fused-ring (bicyclic) bond motifs is 1. The summed E-state index contributed by atoms with van der Waals surface area (Å²) < 4.78 is 0. The molecule has 2 N–H and O–H groups in total. The molecule has 116 valence electrons. The van der Waals surface area contributed by atoms with Gasteiger partial charge in [0.1, 0.15) is 0 Å². The molecule has 3 nitrogen and oxygen atoms in total. The molecule has 1 aliphatic heterocycles. The van der Waals surface area contributed by atoms with Crippen molar-refractivity contribution in [1.29, 1.82) is 0 Å². The summed E-state index contributed by atoms with van der Waals surface area (Å²) >= 11 is 0. The lowest BCUT2D eigenvalue weighted by Gasteiger charge is -2.34. The minimum absolute atomic E-state index is 0.243. The molecule has 21 heavy (non-hydrogen) atoms. The fourth-order valence-electron chi connectivity index (χ4n) is 4.11. The number of aliphatic hydroxyl groups excluding tert-OH is 1. The topological polar surface area (TPSA) is 35.5 Å². The van der Waals surface area contributed by atoms with E-state index in [4.69, 9.17) is 0 Å². The monoisotopic (exact) mass is 288 g/mol. The number of aliphatic hydroxyl groups is 1. The minimum Gasteiger partial charge on any atom is -0.392 e. The first-order chi connectivity index (χ1) is 10.2. The number of benzene rings is 1. The Balaban J connectivity index is 1.57. The zero-order valence-corrected chi connectivity index (χ0v) is 13.0. The molecule has 1 saturated heterocycles. The number of hydrogen-bond acceptors (Lipinski definition) is 3. The summed E-state index contributed by atoms with van der Waals surface area (Å²) in [7, 11) is 0. The van der Waals surface area contributed by atoms with Gasteiger partial charge in [0.2, 0.25) is 0 Å². The van der Waals surface area contributed by atoms with E-state index in [2.05, 4.69) is 40.5 Å². The summed E-state index contributed by atoms with van der Waals surface area (Å²) in [5.74, 6) is 1.61. The van der Waals surface area contributed by atoms with Gasteiger partial charge in [0.05, 0.1) is 6.10 Å². The van der Waals surface area contributed by atoms with Gasteiger partial charge in [-0.25, -0.2) is 0 Å². The van der Waals surface area contributed by atoms with Gasteiger partial charge in [-0.15, -0.1) is 0 Å². The lowest BCUT2D eigenvalue weighted by molar-refractivity contribution is 0.160. The van der Waals surface area contributed by atoms with Crippen LogP contribution in [0.1, 0.15) is 31.7 Å². The van der Waals surface area contributed by atoms with Gasteiger partial charge in [-0.1, -0.05) is 36.8 Å². The van der Waals surface area contributed by atoms with Crippen LogP contribution in [0.5, 0.6) is 0 Å². The molecule has 2 aliphatic rings. The first-order valence-corrected chi connectivity index (χ1v) is 8.40. The Hall–Kier alpha value is -0.900. The summed E-state index contributed by atoms with van der Waals surface area (Å²) in [6.45, 7) is 6.12. The number of hydrogen-bond donors (Lipinski definition) is 2. The van der Waals surface area contributed by atoms with Crippen molar-refractivity contribution < 1.29 is 5.11 Å². The molecule has 1 aliphatic carbocycles. The highest BCUT2D eigenvalue weighted by Crippen LogP contribution is 2.36. The molecule has 3 heteroatoms. The molecule has 1 aromatic rings. The summed E-state index contributed by atoms with van der Waals surface area (Å²) in [6, 6.07) is 11.4. The number of likely N-dealkylation sites (tertiary alicyclic amines) is 1. The number of nitrogens with one attached hydrogen (secondary N) is 1. The zero-order chi connectivity index (χ0) is 14.7. The Morgan fingerprint density at radius 2 is 2.05 bits per heavy atom. The van der Waals surface area contributed by atoms with Crippen molar-refractivity contribution in [2.75, 3.05) is 19.6 Å². The highest BCUT2D eigenvalue weighted by atomic mass is 16.3. The average Bonchev–Trinajstić information content (AvgIpc) is 2.89. The Kier molecular flexibility index (Phi) is 4.94. The van der Waals surface area contributed by atoms with Crippen LogP contribution in [0.15, 0.2) is 30.3 Å². The molecule has 4 unspecified atom stereocenters. The summed E-state index contributed by atoms with van der Waals surface area (Å²) in [5, 5.41) is 13.1. The molecular weight excluding hydrogens is 260 g/mol. The van der Waals surface area contributed by atoms with Crippen molar-refractivity contribution in [3.63, 3.8) is 0 Å². The lowest BCUT2D eigenvalue weighted by Crippen LogP contribution is -2.44. The molecule has 0 aromatic heterocycles. The van der Waals surface area contributed by atoms with Crippen molar-refractivity contribution in [2.24, 2.45) is 11.8 Å². The molecule has 1 aromatic carbocycles. The second-order valence-electron chi connectivity index (χ2n) is 6.90. The Labute approximate surface area is 128 Å². The van der Waals surface area contributed by atoms with E-state index < -0.39 is 0 Å². The Bertz CT molecular complexity index is 434. The summed E-state index contributed by atoms with van der Waals surface area (Å²) in [5.41, 5.74) is 1.42. The first kappa shape index (κ1) is 15.0. The fourth-order valence-corrected chi connectivity index (χ4v) is 4.11. The van der Waals surface area contributed by atoms with E-state index in [0.29, 0.717) is 6.04 Å². The van der Waals surface area contributed by atoms with Crippen LogP contribution in [0.3, 0.4) is 0 Å². The highest BCUT2D eigenvalue weighted by molar-refractivity contribution is 5.15. The Morgan fingerprint density at radius 3 is 2.81 bits per heavy atom. The van der Waals surface area contributed by atoms with E-state index in [1.807, 2.05) is 6.92 Å². The van der Waals surface area contributed by atoms with Crippen LogP contribution in [0.2, 0.25) is 0 Å². The third-order valence-corrected chi connectivity index (χ3v) is 5.10. The lowest BCUT2D eigenvalue weighted by atomic mass is 9.78. The molecule has 3 rings (SSSR count). The predicted octanol–water partition coefficient (Wildman–Crippen LogP) is 2.26. The number of rotatable bonds is 5. The van der Waals surface area contributed by atoms with Crippen LogP contribution < -0.4 is 5.32 Å².